The van der Waals surface area contributed by atoms with E-state index in [1.54, 1.807) is 16.8 Å². The van der Waals surface area contributed by atoms with Crippen molar-refractivity contribution < 1.29 is 5.11 Å². The quantitative estimate of drug-likeness (QED) is 0.464. The number of aromatic amines is 2. The lowest BCUT2D eigenvalue weighted by atomic mass is 10.3. The fraction of sp³-hybridized carbons (Fsp3) is 0.238. The third-order valence-corrected chi connectivity index (χ3v) is 5.02. The smallest absolute Gasteiger partial charge is 0.326 e. The van der Waals surface area contributed by atoms with Gasteiger partial charge in [-0.15, -0.1) is 0 Å². The number of nitrogens with one attached hydrogen (secondary N) is 2. The van der Waals surface area contributed by atoms with Gasteiger partial charge in [-0.3, -0.25) is 9.98 Å². The third kappa shape index (κ3) is 3.34. The van der Waals surface area contributed by atoms with Crippen LogP contribution >= 0.6 is 0 Å². The number of hydrogen-bond donors (Lipinski definition) is 3. The molecule has 3 N–H and O–H groups in total. The van der Waals surface area contributed by atoms with Crippen LogP contribution in [0.2, 0.25) is 0 Å². The van der Waals surface area contributed by atoms with Crippen LogP contribution in [0.3, 0.4) is 0 Å². The van der Waals surface area contributed by atoms with Gasteiger partial charge >= 0.3 is 5.69 Å². The lowest BCUT2D eigenvalue weighted by Crippen LogP contribution is -2.24. The summed E-state index contributed by atoms with van der Waals surface area (Å²) in [5, 5.41) is 15.0. The second-order valence-electron chi connectivity index (χ2n) is 7.23. The number of nitrogens with zero attached hydrogens (tertiary/aromatic N) is 5. The average Bonchev–Trinajstić information content (AvgIpc) is 3.38. The van der Waals surface area contributed by atoms with E-state index in [4.69, 9.17) is 9.98 Å². The molecule has 3 aromatic heterocycles. The van der Waals surface area contributed by atoms with Gasteiger partial charge in [0.2, 0.25) is 5.88 Å². The molecular formula is C21H21N7O2. The van der Waals surface area contributed by atoms with Gasteiger partial charge in [0, 0.05) is 23.5 Å². The summed E-state index contributed by atoms with van der Waals surface area (Å²) < 4.78 is 1.70. The van der Waals surface area contributed by atoms with E-state index in [0.29, 0.717) is 16.9 Å². The van der Waals surface area contributed by atoms with Crippen molar-refractivity contribution in [2.45, 2.75) is 25.8 Å². The Labute approximate surface area is 171 Å². The van der Waals surface area contributed by atoms with E-state index >= 15 is 0 Å². The largest absolute Gasteiger partial charge is 0.493 e. The van der Waals surface area contributed by atoms with Crippen LogP contribution in [0.15, 0.2) is 52.4 Å². The zero-order valence-corrected chi connectivity index (χ0v) is 16.4. The molecule has 0 unspecified atom stereocenters. The Morgan fingerprint density at radius 1 is 1.30 bits per heavy atom. The van der Waals surface area contributed by atoms with Gasteiger partial charge in [0.1, 0.15) is 11.5 Å². The molecule has 9 nitrogen and oxygen atoms in total. The van der Waals surface area contributed by atoms with Crippen molar-refractivity contribution in [1.29, 1.82) is 0 Å². The monoisotopic (exact) mass is 403 g/mol. The molecule has 0 amide bonds. The summed E-state index contributed by atoms with van der Waals surface area (Å²) >= 11 is 0. The predicted octanol–water partition coefficient (Wildman–Crippen LogP) is 1.22. The molecule has 0 radical (unpaired) electrons. The first-order valence-electron chi connectivity index (χ1n) is 9.90. The van der Waals surface area contributed by atoms with E-state index in [2.05, 4.69) is 26.9 Å². The lowest BCUT2D eigenvalue weighted by Gasteiger charge is -2.22. The third-order valence-electron chi connectivity index (χ3n) is 5.02. The molecular weight excluding hydrogens is 382 g/mol. The Balaban J connectivity index is 1.74. The predicted molar refractivity (Wildman–Crippen MR) is 113 cm³/mol. The number of hydrogen-bond acceptors (Lipinski definition) is 6. The molecule has 0 aliphatic heterocycles. The van der Waals surface area contributed by atoms with Crippen molar-refractivity contribution in [2.75, 3.05) is 11.4 Å². The number of aromatic nitrogens is 5. The minimum Gasteiger partial charge on any atom is -0.493 e. The van der Waals surface area contributed by atoms with Gasteiger partial charge in [0.15, 0.2) is 11.1 Å². The van der Waals surface area contributed by atoms with Crippen LogP contribution in [0.4, 0.5) is 11.5 Å². The number of imidazole rings is 1. The summed E-state index contributed by atoms with van der Waals surface area (Å²) in [6.45, 7) is 2.80. The summed E-state index contributed by atoms with van der Waals surface area (Å²) in [7, 11) is 0. The number of rotatable bonds is 5. The molecule has 9 heteroatoms. The second-order valence-corrected chi connectivity index (χ2v) is 7.23. The molecule has 152 valence electrons. The van der Waals surface area contributed by atoms with Crippen molar-refractivity contribution in [3.05, 3.63) is 69.5 Å². The summed E-state index contributed by atoms with van der Waals surface area (Å²) in [6, 6.07) is 12.3. The van der Waals surface area contributed by atoms with E-state index in [1.165, 1.54) is 0 Å². The minimum absolute atomic E-state index is 0.224. The van der Waals surface area contributed by atoms with Crippen molar-refractivity contribution in [1.82, 2.24) is 24.6 Å². The maximum atomic E-state index is 11.5. The van der Waals surface area contributed by atoms with Crippen LogP contribution in [0.5, 0.6) is 5.88 Å². The van der Waals surface area contributed by atoms with Crippen LogP contribution in [-0.4, -0.2) is 42.3 Å². The molecule has 1 aromatic carbocycles. The molecule has 0 bridgehead atoms. The maximum Gasteiger partial charge on any atom is 0.326 e. The highest BCUT2D eigenvalue weighted by Crippen LogP contribution is 2.24. The molecule has 0 saturated heterocycles. The number of para-hydroxylation sites is 1. The van der Waals surface area contributed by atoms with Gasteiger partial charge in [-0.1, -0.05) is 18.2 Å². The van der Waals surface area contributed by atoms with Crippen LogP contribution in [0.1, 0.15) is 25.5 Å². The zero-order valence-electron chi connectivity index (χ0n) is 16.4. The van der Waals surface area contributed by atoms with Gasteiger partial charge in [-0.05, 0) is 38.0 Å². The van der Waals surface area contributed by atoms with Crippen molar-refractivity contribution in [3.63, 3.8) is 0 Å². The van der Waals surface area contributed by atoms with Gasteiger partial charge in [0.25, 0.3) is 0 Å². The van der Waals surface area contributed by atoms with Crippen LogP contribution in [0.25, 0.3) is 11.7 Å². The Bertz CT molecular complexity index is 1380. The molecule has 1 saturated carbocycles. The topological polar surface area (TPSA) is 115 Å². The van der Waals surface area contributed by atoms with E-state index in [1.807, 2.05) is 36.4 Å². The fourth-order valence-electron chi connectivity index (χ4n) is 3.41. The van der Waals surface area contributed by atoms with Crippen molar-refractivity contribution >= 4 is 23.2 Å². The van der Waals surface area contributed by atoms with Crippen LogP contribution < -0.4 is 21.3 Å². The highest BCUT2D eigenvalue weighted by atomic mass is 16.3. The van der Waals surface area contributed by atoms with E-state index < -0.39 is 5.69 Å². The molecule has 1 aliphatic rings. The minimum atomic E-state index is -0.477. The van der Waals surface area contributed by atoms with E-state index in [-0.39, 0.29) is 11.6 Å². The van der Waals surface area contributed by atoms with Crippen molar-refractivity contribution in [3.8, 4) is 5.88 Å². The van der Waals surface area contributed by atoms with Crippen molar-refractivity contribution in [2.24, 2.45) is 4.99 Å². The second kappa shape index (κ2) is 7.18. The SMILES string of the molecule is CCN(c1ccccc1)c1cc(=NC2CC2)n2nc/c(=C\c3[nH]c(=O)[nH]c3O)c2n1. The first-order valence-corrected chi connectivity index (χ1v) is 9.90. The Hall–Kier alpha value is -3.88. The molecule has 3 heterocycles. The number of H-pyrrole nitrogens is 2. The summed E-state index contributed by atoms with van der Waals surface area (Å²) in [6.07, 6.45) is 5.45. The Morgan fingerprint density at radius 3 is 2.77 bits per heavy atom. The molecule has 0 spiro atoms. The first-order chi connectivity index (χ1) is 14.6. The Morgan fingerprint density at radius 2 is 2.10 bits per heavy atom. The van der Waals surface area contributed by atoms with E-state index in [9.17, 15) is 9.90 Å². The number of fused-ring (bicyclic) bond motifs is 1. The van der Waals surface area contributed by atoms with Crippen LogP contribution in [0, 0.1) is 0 Å². The fourth-order valence-corrected chi connectivity index (χ4v) is 3.41. The van der Waals surface area contributed by atoms with Gasteiger partial charge in [-0.2, -0.15) is 9.61 Å². The highest BCUT2D eigenvalue weighted by molar-refractivity contribution is 5.63. The lowest BCUT2D eigenvalue weighted by molar-refractivity contribution is 0.454. The molecule has 1 fully saturated rings. The molecule has 0 atom stereocenters. The normalized spacial score (nSPS) is 15.2. The number of anilines is 2. The van der Waals surface area contributed by atoms with Gasteiger partial charge in [0.05, 0.1) is 12.2 Å². The summed E-state index contributed by atoms with van der Waals surface area (Å²) in [4.78, 5) is 28.1. The average molecular weight is 403 g/mol. The molecule has 5 rings (SSSR count). The maximum absolute atomic E-state index is 11.5. The Kier molecular flexibility index (Phi) is 4.35. The molecule has 1 aliphatic carbocycles. The number of aromatic hydroxyl groups is 1. The van der Waals surface area contributed by atoms with Gasteiger partial charge in [-0.25, -0.2) is 9.78 Å². The van der Waals surface area contributed by atoms with E-state index in [0.717, 1.165) is 36.4 Å². The van der Waals surface area contributed by atoms with Gasteiger partial charge < -0.3 is 15.0 Å². The molecule has 30 heavy (non-hydrogen) atoms. The first kappa shape index (κ1) is 18.2. The standard InChI is InChI=1S/C21H21N7O2/c1-2-27(15-6-4-3-5-7-15)17-11-18(23-14-8-9-14)28-19(25-17)13(12-22-28)10-16-20(29)26-21(30)24-16/h3-7,10-12,14,29H,2,8-9H2,1H3,(H2,24,26,30)/b13-10+,23-18?. The summed E-state index contributed by atoms with van der Waals surface area (Å²) in [5.74, 6) is 0.537. The zero-order chi connectivity index (χ0) is 20.7. The highest BCUT2D eigenvalue weighted by Gasteiger charge is 2.21. The molecule has 4 aromatic rings. The summed E-state index contributed by atoms with van der Waals surface area (Å²) in [5.41, 5.74) is 2.17. The number of benzene rings is 1. The van der Waals surface area contributed by atoms with Crippen LogP contribution in [-0.2, 0) is 0 Å².